The molecular weight excluding hydrogens is 402 g/mol. The number of halogens is 1. The number of carbonyl (C=O) groups excluding carboxylic acids is 1. The molecule has 0 saturated carbocycles. The Kier molecular flexibility index (Phi) is 6.69. The van der Waals surface area contributed by atoms with E-state index in [2.05, 4.69) is 14.9 Å². The number of hydrogen-bond acceptors (Lipinski definition) is 5. The highest BCUT2D eigenvalue weighted by Crippen LogP contribution is 2.23. The van der Waals surface area contributed by atoms with Gasteiger partial charge in [0, 0.05) is 39.3 Å². The molecule has 30 heavy (non-hydrogen) atoms. The summed E-state index contributed by atoms with van der Waals surface area (Å²) in [5.74, 6) is 0.232. The molecule has 0 N–H and O–H groups in total. The molecule has 2 saturated heterocycles. The molecule has 2 aliphatic rings. The molecule has 2 fully saturated rings. The first kappa shape index (κ1) is 20.9. The number of likely N-dealkylation sites (tertiary alicyclic amines) is 1. The van der Waals surface area contributed by atoms with E-state index in [1.165, 1.54) is 17.5 Å². The quantitative estimate of drug-likeness (QED) is 0.746. The Hall–Kier alpha value is -2.38. The van der Waals surface area contributed by atoms with Crippen molar-refractivity contribution in [2.24, 2.45) is 0 Å². The van der Waals surface area contributed by atoms with E-state index in [-0.39, 0.29) is 16.5 Å². The predicted molar refractivity (Wildman–Crippen MR) is 119 cm³/mol. The molecule has 2 aliphatic heterocycles. The van der Waals surface area contributed by atoms with Gasteiger partial charge in [0.15, 0.2) is 0 Å². The van der Waals surface area contributed by atoms with Crippen LogP contribution in [0.4, 0.5) is 5.69 Å². The SMILES string of the molecule is O=C(CN1CCN(c2cnn(-c3ccccc3)c(=O)c2Cl)CC1)N1CCCCCC1. The molecule has 0 unspecified atom stereocenters. The van der Waals surface area contributed by atoms with Crippen LogP contribution in [-0.2, 0) is 4.79 Å². The van der Waals surface area contributed by atoms with Crippen LogP contribution in [0.5, 0.6) is 0 Å². The van der Waals surface area contributed by atoms with E-state index in [0.29, 0.717) is 31.0 Å². The van der Waals surface area contributed by atoms with E-state index < -0.39 is 0 Å². The van der Waals surface area contributed by atoms with Gasteiger partial charge in [-0.05, 0) is 25.0 Å². The van der Waals surface area contributed by atoms with Crippen molar-refractivity contribution >= 4 is 23.2 Å². The smallest absolute Gasteiger partial charge is 0.292 e. The molecule has 3 heterocycles. The summed E-state index contributed by atoms with van der Waals surface area (Å²) < 4.78 is 1.32. The van der Waals surface area contributed by atoms with Crippen LogP contribution in [0.3, 0.4) is 0 Å². The monoisotopic (exact) mass is 429 g/mol. The molecule has 0 atom stereocenters. The highest BCUT2D eigenvalue weighted by Gasteiger charge is 2.24. The molecule has 0 aliphatic carbocycles. The van der Waals surface area contributed by atoms with Gasteiger partial charge >= 0.3 is 0 Å². The molecule has 4 rings (SSSR count). The van der Waals surface area contributed by atoms with E-state index in [9.17, 15) is 9.59 Å². The average Bonchev–Trinajstić information content (AvgIpc) is 3.07. The van der Waals surface area contributed by atoms with Gasteiger partial charge in [0.1, 0.15) is 5.02 Å². The highest BCUT2D eigenvalue weighted by molar-refractivity contribution is 6.33. The molecule has 0 radical (unpaired) electrons. The largest absolute Gasteiger partial charge is 0.366 e. The number of anilines is 1. The average molecular weight is 430 g/mol. The Morgan fingerprint density at radius 2 is 1.60 bits per heavy atom. The van der Waals surface area contributed by atoms with Crippen LogP contribution < -0.4 is 10.5 Å². The summed E-state index contributed by atoms with van der Waals surface area (Å²) in [6.45, 7) is 5.19. The zero-order valence-electron chi connectivity index (χ0n) is 17.2. The topological polar surface area (TPSA) is 61.7 Å². The Bertz CT molecular complexity index is 917. The minimum Gasteiger partial charge on any atom is -0.366 e. The van der Waals surface area contributed by atoms with Gasteiger partial charge in [-0.15, -0.1) is 0 Å². The number of hydrogen-bond donors (Lipinski definition) is 0. The second-order valence-electron chi connectivity index (χ2n) is 7.95. The number of rotatable bonds is 4. The Balaban J connectivity index is 1.38. The number of nitrogens with zero attached hydrogens (tertiary/aromatic N) is 5. The van der Waals surface area contributed by atoms with Crippen molar-refractivity contribution in [3.63, 3.8) is 0 Å². The lowest BCUT2D eigenvalue weighted by Gasteiger charge is -2.36. The first-order valence-corrected chi connectivity index (χ1v) is 11.1. The Labute approximate surface area is 181 Å². The van der Waals surface area contributed by atoms with Crippen molar-refractivity contribution in [2.45, 2.75) is 25.7 Å². The van der Waals surface area contributed by atoms with Crippen LogP contribution in [0.15, 0.2) is 41.3 Å². The Morgan fingerprint density at radius 3 is 2.27 bits per heavy atom. The molecule has 1 aromatic heterocycles. The summed E-state index contributed by atoms with van der Waals surface area (Å²) in [6, 6.07) is 9.26. The number of amides is 1. The van der Waals surface area contributed by atoms with Gasteiger partial charge in [0.05, 0.1) is 24.1 Å². The number of aromatic nitrogens is 2. The van der Waals surface area contributed by atoms with E-state index in [0.717, 1.165) is 39.0 Å². The third-order valence-electron chi connectivity index (χ3n) is 5.93. The lowest BCUT2D eigenvalue weighted by molar-refractivity contribution is -0.132. The minimum atomic E-state index is -0.320. The van der Waals surface area contributed by atoms with Crippen molar-refractivity contribution in [1.82, 2.24) is 19.6 Å². The first-order valence-electron chi connectivity index (χ1n) is 10.7. The number of para-hydroxylation sites is 1. The van der Waals surface area contributed by atoms with Crippen LogP contribution in [-0.4, -0.2) is 71.3 Å². The maximum absolute atomic E-state index is 12.7. The normalized spacial score (nSPS) is 18.3. The number of benzene rings is 1. The van der Waals surface area contributed by atoms with E-state index in [1.807, 2.05) is 35.2 Å². The van der Waals surface area contributed by atoms with Crippen LogP contribution in [0.2, 0.25) is 5.02 Å². The molecule has 0 spiro atoms. The van der Waals surface area contributed by atoms with Crippen LogP contribution in [0.1, 0.15) is 25.7 Å². The maximum Gasteiger partial charge on any atom is 0.292 e. The third kappa shape index (κ3) is 4.68. The highest BCUT2D eigenvalue weighted by atomic mass is 35.5. The summed E-state index contributed by atoms with van der Waals surface area (Å²) in [4.78, 5) is 31.7. The number of piperazine rings is 1. The first-order chi connectivity index (χ1) is 14.6. The maximum atomic E-state index is 12.7. The van der Waals surface area contributed by atoms with E-state index >= 15 is 0 Å². The lowest BCUT2D eigenvalue weighted by Crippen LogP contribution is -2.50. The van der Waals surface area contributed by atoms with Crippen molar-refractivity contribution in [3.8, 4) is 5.69 Å². The van der Waals surface area contributed by atoms with E-state index in [4.69, 9.17) is 11.6 Å². The van der Waals surface area contributed by atoms with Crippen LogP contribution in [0, 0.1) is 0 Å². The molecule has 7 nitrogen and oxygen atoms in total. The number of carbonyl (C=O) groups is 1. The molecular formula is C22H28ClN5O2. The second-order valence-corrected chi connectivity index (χ2v) is 8.33. The second kappa shape index (κ2) is 9.62. The van der Waals surface area contributed by atoms with Gasteiger partial charge < -0.3 is 9.80 Å². The predicted octanol–water partition coefficient (Wildman–Crippen LogP) is 2.41. The fourth-order valence-corrected chi connectivity index (χ4v) is 4.40. The molecule has 0 bridgehead atoms. The molecule has 1 aromatic carbocycles. The third-order valence-corrected chi connectivity index (χ3v) is 6.29. The lowest BCUT2D eigenvalue weighted by atomic mass is 10.2. The zero-order chi connectivity index (χ0) is 20.9. The van der Waals surface area contributed by atoms with Gasteiger partial charge in [0.25, 0.3) is 5.56 Å². The van der Waals surface area contributed by atoms with Crippen molar-refractivity contribution in [1.29, 1.82) is 0 Å². The summed E-state index contributed by atoms with van der Waals surface area (Å²) in [6.07, 6.45) is 6.33. The van der Waals surface area contributed by atoms with Gasteiger partial charge in [0.2, 0.25) is 5.91 Å². The zero-order valence-corrected chi connectivity index (χ0v) is 17.9. The van der Waals surface area contributed by atoms with Crippen molar-refractivity contribution in [3.05, 3.63) is 51.9 Å². The molecule has 2 aromatic rings. The molecule has 1 amide bonds. The summed E-state index contributed by atoms with van der Waals surface area (Å²) >= 11 is 6.43. The Morgan fingerprint density at radius 1 is 0.933 bits per heavy atom. The standard InChI is InChI=1S/C22H28ClN5O2/c23-21-19(16-24-28(22(21)30)18-8-4-3-5-9-18)26-14-12-25(13-15-26)17-20(29)27-10-6-1-2-7-11-27/h3-5,8-9,16H,1-2,6-7,10-15,17H2. The van der Waals surface area contributed by atoms with Gasteiger partial charge in [-0.2, -0.15) is 9.78 Å². The van der Waals surface area contributed by atoms with Gasteiger partial charge in [-0.3, -0.25) is 14.5 Å². The summed E-state index contributed by atoms with van der Waals surface area (Å²) in [7, 11) is 0. The minimum absolute atomic E-state index is 0.183. The van der Waals surface area contributed by atoms with Gasteiger partial charge in [-0.25, -0.2) is 0 Å². The van der Waals surface area contributed by atoms with Crippen LogP contribution >= 0.6 is 11.6 Å². The fourth-order valence-electron chi connectivity index (χ4n) is 4.16. The van der Waals surface area contributed by atoms with E-state index in [1.54, 1.807) is 6.20 Å². The molecule has 160 valence electrons. The molecule has 8 heteroatoms. The summed E-state index contributed by atoms with van der Waals surface area (Å²) in [5, 5.41) is 4.51. The van der Waals surface area contributed by atoms with Gasteiger partial charge in [-0.1, -0.05) is 42.6 Å². The summed E-state index contributed by atoms with van der Waals surface area (Å²) in [5.41, 5.74) is 1.03. The van der Waals surface area contributed by atoms with Crippen LogP contribution in [0.25, 0.3) is 5.69 Å². The fraction of sp³-hybridized carbons (Fsp3) is 0.500. The van der Waals surface area contributed by atoms with Crippen molar-refractivity contribution in [2.75, 3.05) is 50.7 Å². The van der Waals surface area contributed by atoms with Crippen molar-refractivity contribution < 1.29 is 4.79 Å².